The number of nitrogens with two attached hydrogens (primary N) is 1. The Bertz CT molecular complexity index is 446. The molecule has 0 radical (unpaired) electrons. The minimum atomic E-state index is 0.0816. The van der Waals surface area contributed by atoms with Gasteiger partial charge in [0, 0.05) is 16.6 Å². The molecule has 20 heavy (non-hydrogen) atoms. The predicted octanol–water partition coefficient (Wildman–Crippen LogP) is 4.10. The molecule has 3 nitrogen and oxygen atoms in total. The van der Waals surface area contributed by atoms with Gasteiger partial charge in [-0.3, -0.25) is 4.79 Å². The van der Waals surface area contributed by atoms with E-state index >= 15 is 0 Å². The van der Waals surface area contributed by atoms with Crippen LogP contribution in [0.25, 0.3) is 0 Å². The lowest BCUT2D eigenvalue weighted by Gasteiger charge is -2.19. The van der Waals surface area contributed by atoms with Crippen LogP contribution < -0.4 is 11.1 Å². The monoisotopic (exact) mass is 340 g/mol. The summed E-state index contributed by atoms with van der Waals surface area (Å²) in [5, 5.41) is 2.98. The Hall–Kier alpha value is -0.870. The molecule has 0 spiro atoms. The van der Waals surface area contributed by atoms with Crippen molar-refractivity contribution in [3.63, 3.8) is 0 Å². The van der Waals surface area contributed by atoms with Crippen molar-refractivity contribution >= 4 is 27.5 Å². The molecule has 0 bridgehead atoms. The molecule has 0 aromatic heterocycles. The molecule has 0 heterocycles. The third-order valence-corrected chi connectivity index (χ3v) is 4.18. The summed E-state index contributed by atoms with van der Waals surface area (Å²) < 4.78 is 1.02. The van der Waals surface area contributed by atoms with Crippen molar-refractivity contribution in [2.75, 3.05) is 11.9 Å². The Balaban J connectivity index is 2.51. The fourth-order valence-corrected chi connectivity index (χ4v) is 2.80. The molecule has 1 aromatic rings. The number of aryl methyl sites for hydroxylation is 1. The van der Waals surface area contributed by atoms with E-state index in [1.807, 2.05) is 25.1 Å². The lowest BCUT2D eigenvalue weighted by Crippen LogP contribution is -2.18. The Morgan fingerprint density at radius 2 is 2.05 bits per heavy atom. The van der Waals surface area contributed by atoms with Crippen molar-refractivity contribution in [1.29, 1.82) is 0 Å². The van der Waals surface area contributed by atoms with Crippen molar-refractivity contribution in [2.24, 2.45) is 17.6 Å². The van der Waals surface area contributed by atoms with Gasteiger partial charge < -0.3 is 11.1 Å². The van der Waals surface area contributed by atoms with Gasteiger partial charge in [0.1, 0.15) is 0 Å². The van der Waals surface area contributed by atoms with E-state index < -0.39 is 0 Å². The molecular formula is C16H25BrN2O. The maximum atomic E-state index is 12.0. The van der Waals surface area contributed by atoms with E-state index in [-0.39, 0.29) is 5.91 Å². The molecule has 1 amide bonds. The maximum absolute atomic E-state index is 12.0. The first-order chi connectivity index (χ1) is 9.43. The highest BCUT2D eigenvalue weighted by Crippen LogP contribution is 2.22. The van der Waals surface area contributed by atoms with Gasteiger partial charge in [0.15, 0.2) is 0 Å². The molecular weight excluding hydrogens is 316 g/mol. The molecule has 0 fully saturated rings. The van der Waals surface area contributed by atoms with Crippen LogP contribution in [0.4, 0.5) is 5.69 Å². The van der Waals surface area contributed by atoms with Gasteiger partial charge in [-0.1, -0.05) is 29.8 Å². The predicted molar refractivity (Wildman–Crippen MR) is 88.7 cm³/mol. The van der Waals surface area contributed by atoms with Gasteiger partial charge >= 0.3 is 0 Å². The van der Waals surface area contributed by atoms with Crippen molar-refractivity contribution in [3.05, 3.63) is 28.2 Å². The normalized spacial score (nSPS) is 12.5. The average molecular weight is 341 g/mol. The van der Waals surface area contributed by atoms with Gasteiger partial charge in [0.25, 0.3) is 0 Å². The molecule has 0 saturated heterocycles. The number of rotatable bonds is 7. The van der Waals surface area contributed by atoms with Crippen LogP contribution in [0.5, 0.6) is 0 Å². The first-order valence-electron chi connectivity index (χ1n) is 7.20. The number of carbonyl (C=O) groups excluding carboxylic acids is 1. The van der Waals surface area contributed by atoms with Crippen molar-refractivity contribution < 1.29 is 4.79 Å². The highest BCUT2D eigenvalue weighted by atomic mass is 79.9. The largest absolute Gasteiger partial charge is 0.330 e. The lowest BCUT2D eigenvalue weighted by atomic mass is 9.88. The zero-order chi connectivity index (χ0) is 15.1. The van der Waals surface area contributed by atoms with Crippen LogP contribution in [0.1, 0.15) is 38.7 Å². The van der Waals surface area contributed by atoms with Crippen molar-refractivity contribution in [3.8, 4) is 0 Å². The Kier molecular flexibility index (Phi) is 7.24. The van der Waals surface area contributed by atoms with Gasteiger partial charge in [0.2, 0.25) is 5.91 Å². The molecule has 0 aliphatic rings. The SMILES string of the molecule is Cc1cc(Br)ccc1NC(=O)CCC(CCN)C(C)C. The molecule has 1 atom stereocenters. The maximum Gasteiger partial charge on any atom is 0.224 e. The van der Waals surface area contributed by atoms with Crippen LogP contribution in [-0.4, -0.2) is 12.5 Å². The summed E-state index contributed by atoms with van der Waals surface area (Å²) >= 11 is 3.42. The molecule has 0 aliphatic heterocycles. The first kappa shape index (κ1) is 17.2. The van der Waals surface area contributed by atoms with Crippen LogP contribution in [0.15, 0.2) is 22.7 Å². The summed E-state index contributed by atoms with van der Waals surface area (Å²) in [5.41, 5.74) is 7.58. The number of hydrogen-bond acceptors (Lipinski definition) is 2. The zero-order valence-electron chi connectivity index (χ0n) is 12.6. The summed E-state index contributed by atoms with van der Waals surface area (Å²) in [5.74, 6) is 1.18. The van der Waals surface area contributed by atoms with E-state index in [0.717, 1.165) is 28.6 Å². The summed E-state index contributed by atoms with van der Waals surface area (Å²) in [6, 6.07) is 5.87. The third kappa shape index (κ3) is 5.63. The first-order valence-corrected chi connectivity index (χ1v) is 7.99. The number of nitrogens with one attached hydrogen (secondary N) is 1. The van der Waals surface area contributed by atoms with Gasteiger partial charge in [-0.15, -0.1) is 0 Å². The fraction of sp³-hybridized carbons (Fsp3) is 0.562. The van der Waals surface area contributed by atoms with Gasteiger partial charge in [0.05, 0.1) is 0 Å². The Morgan fingerprint density at radius 1 is 1.35 bits per heavy atom. The van der Waals surface area contributed by atoms with Crippen molar-refractivity contribution in [2.45, 2.75) is 40.0 Å². The number of amides is 1. The quantitative estimate of drug-likeness (QED) is 0.785. The van der Waals surface area contributed by atoms with Crippen LogP contribution in [0.3, 0.4) is 0 Å². The van der Waals surface area contributed by atoms with Crippen LogP contribution in [-0.2, 0) is 4.79 Å². The molecule has 3 N–H and O–H groups in total. The Labute approximate surface area is 130 Å². The third-order valence-electron chi connectivity index (χ3n) is 3.68. The van der Waals surface area contributed by atoms with E-state index in [0.29, 0.717) is 24.8 Å². The van der Waals surface area contributed by atoms with E-state index in [2.05, 4.69) is 35.1 Å². The second kappa shape index (κ2) is 8.42. The number of carbonyl (C=O) groups is 1. The number of hydrogen-bond donors (Lipinski definition) is 2. The molecule has 1 rings (SSSR count). The van der Waals surface area contributed by atoms with E-state index in [1.54, 1.807) is 0 Å². The smallest absolute Gasteiger partial charge is 0.224 e. The average Bonchev–Trinajstić information content (AvgIpc) is 2.37. The second-order valence-electron chi connectivity index (χ2n) is 5.63. The fourth-order valence-electron chi connectivity index (χ4n) is 2.32. The summed E-state index contributed by atoms with van der Waals surface area (Å²) in [6.45, 7) is 7.07. The van der Waals surface area contributed by atoms with E-state index in [1.165, 1.54) is 0 Å². The molecule has 4 heteroatoms. The number of halogens is 1. The Morgan fingerprint density at radius 3 is 2.60 bits per heavy atom. The molecule has 1 unspecified atom stereocenters. The number of anilines is 1. The minimum absolute atomic E-state index is 0.0816. The standard InChI is InChI=1S/C16H25BrN2O/c1-11(2)13(8-9-18)4-7-16(20)19-15-6-5-14(17)10-12(15)3/h5-6,10-11,13H,4,7-9,18H2,1-3H3,(H,19,20). The van der Waals surface area contributed by atoms with Crippen LogP contribution >= 0.6 is 15.9 Å². The summed E-state index contributed by atoms with van der Waals surface area (Å²) in [7, 11) is 0. The molecule has 0 saturated carbocycles. The second-order valence-corrected chi connectivity index (χ2v) is 6.54. The lowest BCUT2D eigenvalue weighted by molar-refractivity contribution is -0.116. The highest BCUT2D eigenvalue weighted by molar-refractivity contribution is 9.10. The van der Waals surface area contributed by atoms with Gasteiger partial charge in [-0.05, 0) is 61.9 Å². The van der Waals surface area contributed by atoms with Crippen LogP contribution in [0.2, 0.25) is 0 Å². The summed E-state index contributed by atoms with van der Waals surface area (Å²) in [4.78, 5) is 12.0. The number of benzene rings is 1. The van der Waals surface area contributed by atoms with Gasteiger partial charge in [-0.25, -0.2) is 0 Å². The van der Waals surface area contributed by atoms with Gasteiger partial charge in [-0.2, -0.15) is 0 Å². The highest BCUT2D eigenvalue weighted by Gasteiger charge is 2.14. The summed E-state index contributed by atoms with van der Waals surface area (Å²) in [6.07, 6.45) is 2.44. The molecule has 1 aromatic carbocycles. The molecule has 0 aliphatic carbocycles. The minimum Gasteiger partial charge on any atom is -0.330 e. The van der Waals surface area contributed by atoms with E-state index in [4.69, 9.17) is 5.73 Å². The molecule has 112 valence electrons. The van der Waals surface area contributed by atoms with Crippen molar-refractivity contribution in [1.82, 2.24) is 0 Å². The van der Waals surface area contributed by atoms with E-state index in [9.17, 15) is 4.79 Å². The topological polar surface area (TPSA) is 55.1 Å². The van der Waals surface area contributed by atoms with Crippen LogP contribution in [0, 0.1) is 18.8 Å². The zero-order valence-corrected chi connectivity index (χ0v) is 14.2.